The number of aliphatic hydroxyl groups excluding tert-OH is 1. The van der Waals surface area contributed by atoms with Gasteiger partial charge < -0.3 is 15.2 Å². The Balaban J connectivity index is 3.98. The SMILES string of the molecule is CCCNC(C)(CO)CC(C)OCC(C)C. The summed E-state index contributed by atoms with van der Waals surface area (Å²) in [6, 6.07) is 0. The van der Waals surface area contributed by atoms with Crippen LogP contribution < -0.4 is 5.32 Å². The molecule has 3 heteroatoms. The summed E-state index contributed by atoms with van der Waals surface area (Å²) in [6.45, 7) is 12.4. The highest BCUT2D eigenvalue weighted by Gasteiger charge is 2.25. The Morgan fingerprint density at radius 1 is 1.31 bits per heavy atom. The first-order valence-corrected chi connectivity index (χ1v) is 6.41. The molecule has 0 aromatic carbocycles. The molecule has 0 aromatic rings. The quantitative estimate of drug-likeness (QED) is 0.639. The monoisotopic (exact) mass is 231 g/mol. The molecule has 0 saturated carbocycles. The van der Waals surface area contributed by atoms with E-state index in [-0.39, 0.29) is 18.2 Å². The highest BCUT2D eigenvalue weighted by atomic mass is 16.5. The van der Waals surface area contributed by atoms with E-state index in [1.807, 2.05) is 0 Å². The van der Waals surface area contributed by atoms with Gasteiger partial charge in [0.2, 0.25) is 0 Å². The maximum Gasteiger partial charge on any atom is 0.0611 e. The summed E-state index contributed by atoms with van der Waals surface area (Å²) in [4.78, 5) is 0. The zero-order valence-electron chi connectivity index (χ0n) is 11.5. The van der Waals surface area contributed by atoms with Gasteiger partial charge in [-0.2, -0.15) is 0 Å². The average Bonchev–Trinajstić information content (AvgIpc) is 2.23. The fourth-order valence-electron chi connectivity index (χ4n) is 1.67. The largest absolute Gasteiger partial charge is 0.394 e. The van der Waals surface area contributed by atoms with E-state index in [9.17, 15) is 5.11 Å². The van der Waals surface area contributed by atoms with Crippen LogP contribution in [0.1, 0.15) is 47.5 Å². The van der Waals surface area contributed by atoms with Gasteiger partial charge in [0.25, 0.3) is 0 Å². The highest BCUT2D eigenvalue weighted by Crippen LogP contribution is 2.14. The number of rotatable bonds is 9. The molecule has 0 radical (unpaired) electrons. The lowest BCUT2D eigenvalue weighted by Gasteiger charge is -2.31. The number of ether oxygens (including phenoxy) is 1. The van der Waals surface area contributed by atoms with Gasteiger partial charge in [-0.05, 0) is 39.2 Å². The van der Waals surface area contributed by atoms with Gasteiger partial charge in [0, 0.05) is 12.1 Å². The van der Waals surface area contributed by atoms with E-state index in [1.165, 1.54) is 0 Å². The zero-order valence-corrected chi connectivity index (χ0v) is 11.5. The number of hydrogen-bond donors (Lipinski definition) is 2. The van der Waals surface area contributed by atoms with Crippen LogP contribution in [0.2, 0.25) is 0 Å². The minimum atomic E-state index is -0.216. The van der Waals surface area contributed by atoms with Crippen molar-refractivity contribution >= 4 is 0 Å². The first-order chi connectivity index (χ1) is 7.43. The van der Waals surface area contributed by atoms with Crippen LogP contribution in [0, 0.1) is 5.92 Å². The summed E-state index contributed by atoms with van der Waals surface area (Å²) in [5.74, 6) is 0.562. The van der Waals surface area contributed by atoms with Crippen LogP contribution in [-0.2, 0) is 4.74 Å². The Morgan fingerprint density at radius 2 is 1.94 bits per heavy atom. The number of nitrogens with one attached hydrogen (secondary N) is 1. The fourth-order valence-corrected chi connectivity index (χ4v) is 1.67. The molecule has 0 heterocycles. The first-order valence-electron chi connectivity index (χ1n) is 6.41. The van der Waals surface area contributed by atoms with E-state index < -0.39 is 0 Å². The highest BCUT2D eigenvalue weighted by molar-refractivity contribution is 4.84. The molecule has 2 N–H and O–H groups in total. The van der Waals surface area contributed by atoms with E-state index in [2.05, 4.69) is 39.9 Å². The molecule has 0 bridgehead atoms. The van der Waals surface area contributed by atoms with Gasteiger partial charge >= 0.3 is 0 Å². The van der Waals surface area contributed by atoms with E-state index in [4.69, 9.17) is 4.74 Å². The molecule has 0 aliphatic heterocycles. The van der Waals surface area contributed by atoms with E-state index >= 15 is 0 Å². The van der Waals surface area contributed by atoms with Crippen molar-refractivity contribution in [3.63, 3.8) is 0 Å². The summed E-state index contributed by atoms with van der Waals surface area (Å²) < 4.78 is 5.73. The van der Waals surface area contributed by atoms with Crippen molar-refractivity contribution in [3.8, 4) is 0 Å². The summed E-state index contributed by atoms with van der Waals surface area (Å²) in [6.07, 6.45) is 2.11. The molecule has 0 amide bonds. The predicted octanol–water partition coefficient (Wildman–Crippen LogP) is 2.19. The van der Waals surface area contributed by atoms with Gasteiger partial charge in [0.05, 0.1) is 12.7 Å². The standard InChI is InChI=1S/C13H29NO2/c1-6-7-14-13(5,10-15)8-12(4)16-9-11(2)3/h11-12,14-15H,6-10H2,1-5H3. The topological polar surface area (TPSA) is 41.5 Å². The molecule has 0 aromatic heterocycles. The summed E-state index contributed by atoms with van der Waals surface area (Å²) in [7, 11) is 0. The molecular formula is C13H29NO2. The maximum atomic E-state index is 9.42. The van der Waals surface area contributed by atoms with Crippen LogP contribution in [0.15, 0.2) is 0 Å². The maximum absolute atomic E-state index is 9.42. The van der Waals surface area contributed by atoms with Gasteiger partial charge in [-0.25, -0.2) is 0 Å². The molecule has 16 heavy (non-hydrogen) atoms. The van der Waals surface area contributed by atoms with Crippen LogP contribution in [0.25, 0.3) is 0 Å². The minimum Gasteiger partial charge on any atom is -0.394 e. The molecule has 0 spiro atoms. The smallest absolute Gasteiger partial charge is 0.0611 e. The van der Waals surface area contributed by atoms with Crippen LogP contribution in [0.5, 0.6) is 0 Å². The third-order valence-corrected chi connectivity index (χ3v) is 2.60. The fraction of sp³-hybridized carbons (Fsp3) is 1.00. The predicted molar refractivity (Wildman–Crippen MR) is 68.7 cm³/mol. The van der Waals surface area contributed by atoms with Crippen molar-refractivity contribution in [2.75, 3.05) is 19.8 Å². The second-order valence-electron chi connectivity index (χ2n) is 5.39. The van der Waals surface area contributed by atoms with Crippen molar-refractivity contribution in [1.29, 1.82) is 0 Å². The average molecular weight is 231 g/mol. The van der Waals surface area contributed by atoms with E-state index in [0.29, 0.717) is 5.92 Å². The van der Waals surface area contributed by atoms with E-state index in [0.717, 1.165) is 26.0 Å². The van der Waals surface area contributed by atoms with Crippen LogP contribution in [0.4, 0.5) is 0 Å². The van der Waals surface area contributed by atoms with Gasteiger partial charge in [0.15, 0.2) is 0 Å². The third-order valence-electron chi connectivity index (χ3n) is 2.60. The summed E-state index contributed by atoms with van der Waals surface area (Å²) in [5.41, 5.74) is -0.216. The lowest BCUT2D eigenvalue weighted by molar-refractivity contribution is 0.0154. The Kier molecular flexibility index (Phi) is 7.98. The summed E-state index contributed by atoms with van der Waals surface area (Å²) in [5, 5.41) is 12.8. The van der Waals surface area contributed by atoms with Crippen LogP contribution >= 0.6 is 0 Å². The van der Waals surface area contributed by atoms with Crippen molar-refractivity contribution < 1.29 is 9.84 Å². The number of aliphatic hydroxyl groups is 1. The molecule has 0 fully saturated rings. The summed E-state index contributed by atoms with van der Waals surface area (Å²) >= 11 is 0. The second-order valence-corrected chi connectivity index (χ2v) is 5.39. The van der Waals surface area contributed by atoms with Gasteiger partial charge in [-0.15, -0.1) is 0 Å². The van der Waals surface area contributed by atoms with Crippen molar-refractivity contribution in [2.24, 2.45) is 5.92 Å². The molecule has 98 valence electrons. The molecule has 3 nitrogen and oxygen atoms in total. The molecule has 2 unspecified atom stereocenters. The Morgan fingerprint density at radius 3 is 2.38 bits per heavy atom. The number of hydrogen-bond acceptors (Lipinski definition) is 3. The Bertz CT molecular complexity index is 173. The second kappa shape index (κ2) is 8.04. The normalized spacial score (nSPS) is 17.4. The molecule has 0 rings (SSSR count). The molecule has 0 aliphatic carbocycles. The Labute approximate surface area is 101 Å². The molecule has 0 saturated heterocycles. The third kappa shape index (κ3) is 7.20. The van der Waals surface area contributed by atoms with Crippen molar-refractivity contribution in [3.05, 3.63) is 0 Å². The van der Waals surface area contributed by atoms with Gasteiger partial charge in [-0.1, -0.05) is 20.8 Å². The van der Waals surface area contributed by atoms with E-state index in [1.54, 1.807) is 0 Å². The van der Waals surface area contributed by atoms with Crippen LogP contribution in [0.3, 0.4) is 0 Å². The van der Waals surface area contributed by atoms with Crippen molar-refractivity contribution in [2.45, 2.75) is 59.1 Å². The molecule has 2 atom stereocenters. The molecular weight excluding hydrogens is 202 g/mol. The van der Waals surface area contributed by atoms with Gasteiger partial charge in [0.1, 0.15) is 0 Å². The first kappa shape index (κ1) is 15.9. The van der Waals surface area contributed by atoms with Crippen LogP contribution in [-0.4, -0.2) is 36.5 Å². The van der Waals surface area contributed by atoms with Crippen molar-refractivity contribution in [1.82, 2.24) is 5.32 Å². The van der Waals surface area contributed by atoms with Gasteiger partial charge in [-0.3, -0.25) is 0 Å². The Hall–Kier alpha value is -0.120. The lowest BCUT2D eigenvalue weighted by Crippen LogP contribution is -2.48. The molecule has 0 aliphatic rings. The minimum absolute atomic E-state index is 0.155. The lowest BCUT2D eigenvalue weighted by atomic mass is 9.95. The zero-order chi connectivity index (χ0) is 12.6.